The van der Waals surface area contributed by atoms with E-state index in [1.807, 2.05) is 0 Å². The summed E-state index contributed by atoms with van der Waals surface area (Å²) in [4.78, 5) is 14.7. The van der Waals surface area contributed by atoms with Crippen LogP contribution in [0.2, 0.25) is 0 Å². The summed E-state index contributed by atoms with van der Waals surface area (Å²) < 4.78 is 4.94. The van der Waals surface area contributed by atoms with Gasteiger partial charge in [-0.2, -0.15) is 0 Å². The van der Waals surface area contributed by atoms with E-state index >= 15 is 0 Å². The predicted octanol–water partition coefficient (Wildman–Crippen LogP) is 1.86. The van der Waals surface area contributed by atoms with Gasteiger partial charge in [-0.1, -0.05) is 5.16 Å². The normalized spacial score (nSPS) is 10.1. The SMILES string of the molecule is Cc1onc(-c2ccncc2)c1C=O. The fraction of sp³-hybridized carbons (Fsp3) is 0.100. The average molecular weight is 188 g/mol. The summed E-state index contributed by atoms with van der Waals surface area (Å²) in [5.41, 5.74) is 1.90. The van der Waals surface area contributed by atoms with Gasteiger partial charge in [0.1, 0.15) is 11.5 Å². The van der Waals surface area contributed by atoms with E-state index in [-0.39, 0.29) is 0 Å². The smallest absolute Gasteiger partial charge is 0.155 e. The highest BCUT2D eigenvalue weighted by atomic mass is 16.5. The van der Waals surface area contributed by atoms with Crippen LogP contribution in [-0.4, -0.2) is 16.4 Å². The van der Waals surface area contributed by atoms with Gasteiger partial charge in [-0.3, -0.25) is 9.78 Å². The van der Waals surface area contributed by atoms with Crippen LogP contribution in [0, 0.1) is 6.92 Å². The Labute approximate surface area is 80.6 Å². The molecule has 0 saturated carbocycles. The maximum atomic E-state index is 10.8. The van der Waals surface area contributed by atoms with Crippen LogP contribution in [-0.2, 0) is 0 Å². The van der Waals surface area contributed by atoms with Crippen molar-refractivity contribution in [2.24, 2.45) is 0 Å². The fourth-order valence-electron chi connectivity index (χ4n) is 1.24. The highest BCUT2D eigenvalue weighted by molar-refractivity contribution is 5.86. The van der Waals surface area contributed by atoms with E-state index in [0.717, 1.165) is 11.8 Å². The number of rotatable bonds is 2. The molecule has 70 valence electrons. The second-order valence-electron chi connectivity index (χ2n) is 2.85. The first-order valence-electron chi connectivity index (χ1n) is 4.15. The van der Waals surface area contributed by atoms with Gasteiger partial charge in [0.05, 0.1) is 5.56 Å². The minimum Gasteiger partial charge on any atom is -0.360 e. The number of aldehydes is 1. The zero-order chi connectivity index (χ0) is 9.97. The molecule has 0 fully saturated rings. The van der Waals surface area contributed by atoms with Crippen LogP contribution in [0.15, 0.2) is 29.0 Å². The van der Waals surface area contributed by atoms with Gasteiger partial charge in [0.15, 0.2) is 6.29 Å². The number of carbonyl (C=O) groups is 1. The lowest BCUT2D eigenvalue weighted by Crippen LogP contribution is -1.85. The first kappa shape index (κ1) is 8.62. The molecule has 0 amide bonds. The molecule has 2 heterocycles. The molecule has 0 spiro atoms. The molecule has 2 rings (SSSR count). The van der Waals surface area contributed by atoms with Crippen LogP contribution in [0.25, 0.3) is 11.3 Å². The van der Waals surface area contributed by atoms with Gasteiger partial charge < -0.3 is 4.52 Å². The molecule has 0 aliphatic carbocycles. The van der Waals surface area contributed by atoms with Crippen molar-refractivity contribution in [3.63, 3.8) is 0 Å². The number of nitrogens with zero attached hydrogens (tertiary/aromatic N) is 2. The highest BCUT2D eigenvalue weighted by Crippen LogP contribution is 2.22. The van der Waals surface area contributed by atoms with Crippen molar-refractivity contribution in [1.29, 1.82) is 0 Å². The molecule has 0 unspecified atom stereocenters. The third-order valence-electron chi connectivity index (χ3n) is 1.98. The first-order chi connectivity index (χ1) is 6.83. The van der Waals surface area contributed by atoms with Crippen molar-refractivity contribution in [2.45, 2.75) is 6.92 Å². The number of pyridine rings is 1. The van der Waals surface area contributed by atoms with Gasteiger partial charge in [-0.05, 0) is 19.1 Å². The second kappa shape index (κ2) is 3.41. The lowest BCUT2D eigenvalue weighted by molar-refractivity contribution is 0.112. The number of hydrogen-bond donors (Lipinski definition) is 0. The lowest BCUT2D eigenvalue weighted by atomic mass is 10.1. The van der Waals surface area contributed by atoms with Crippen molar-refractivity contribution < 1.29 is 9.32 Å². The standard InChI is InChI=1S/C10H8N2O2/c1-7-9(6-13)10(12-14-7)8-2-4-11-5-3-8/h2-6H,1H3. The molecule has 0 aliphatic heterocycles. The Balaban J connectivity index is 2.57. The molecular weight excluding hydrogens is 180 g/mol. The first-order valence-corrected chi connectivity index (χ1v) is 4.15. The maximum Gasteiger partial charge on any atom is 0.155 e. The molecule has 2 aromatic rings. The van der Waals surface area contributed by atoms with Crippen LogP contribution < -0.4 is 0 Å². The topological polar surface area (TPSA) is 56.0 Å². The maximum absolute atomic E-state index is 10.8. The summed E-state index contributed by atoms with van der Waals surface area (Å²) >= 11 is 0. The number of hydrogen-bond acceptors (Lipinski definition) is 4. The predicted molar refractivity (Wildman–Crippen MR) is 49.9 cm³/mol. The second-order valence-corrected chi connectivity index (χ2v) is 2.85. The molecule has 2 aromatic heterocycles. The van der Waals surface area contributed by atoms with Gasteiger partial charge in [0, 0.05) is 18.0 Å². The van der Waals surface area contributed by atoms with E-state index in [9.17, 15) is 4.79 Å². The van der Waals surface area contributed by atoms with E-state index in [2.05, 4.69) is 10.1 Å². The van der Waals surface area contributed by atoms with Crippen LogP contribution in [0.4, 0.5) is 0 Å². The number of carbonyl (C=O) groups excluding carboxylic acids is 1. The Morgan fingerprint density at radius 3 is 2.71 bits per heavy atom. The summed E-state index contributed by atoms with van der Waals surface area (Å²) in [5, 5.41) is 3.82. The fourth-order valence-corrected chi connectivity index (χ4v) is 1.24. The van der Waals surface area contributed by atoms with Crippen molar-refractivity contribution >= 4 is 6.29 Å². The zero-order valence-corrected chi connectivity index (χ0v) is 7.60. The van der Waals surface area contributed by atoms with Crippen LogP contribution in [0.3, 0.4) is 0 Å². The lowest BCUT2D eigenvalue weighted by Gasteiger charge is -1.94. The molecule has 14 heavy (non-hydrogen) atoms. The van der Waals surface area contributed by atoms with E-state index in [0.29, 0.717) is 17.0 Å². The van der Waals surface area contributed by atoms with Gasteiger partial charge in [0.25, 0.3) is 0 Å². The summed E-state index contributed by atoms with van der Waals surface area (Å²) in [5.74, 6) is 0.534. The van der Waals surface area contributed by atoms with Crippen molar-refractivity contribution in [3.8, 4) is 11.3 Å². The Bertz CT molecular complexity index is 448. The third-order valence-corrected chi connectivity index (χ3v) is 1.98. The quantitative estimate of drug-likeness (QED) is 0.675. The largest absolute Gasteiger partial charge is 0.360 e. The Morgan fingerprint density at radius 2 is 2.07 bits per heavy atom. The van der Waals surface area contributed by atoms with Gasteiger partial charge in [0.2, 0.25) is 0 Å². The van der Waals surface area contributed by atoms with Crippen LogP contribution >= 0.6 is 0 Å². The van der Waals surface area contributed by atoms with E-state index in [4.69, 9.17) is 4.52 Å². The minimum absolute atomic E-state index is 0.496. The molecule has 0 N–H and O–H groups in total. The zero-order valence-electron chi connectivity index (χ0n) is 7.60. The molecular formula is C10H8N2O2. The Kier molecular flexibility index (Phi) is 2.10. The molecule has 0 aromatic carbocycles. The molecule has 4 nitrogen and oxygen atoms in total. The van der Waals surface area contributed by atoms with Gasteiger partial charge >= 0.3 is 0 Å². The van der Waals surface area contributed by atoms with Crippen LogP contribution in [0.1, 0.15) is 16.1 Å². The van der Waals surface area contributed by atoms with Crippen molar-refractivity contribution in [3.05, 3.63) is 35.9 Å². The molecule has 0 bridgehead atoms. The third kappa shape index (κ3) is 1.31. The monoisotopic (exact) mass is 188 g/mol. The highest BCUT2D eigenvalue weighted by Gasteiger charge is 2.12. The van der Waals surface area contributed by atoms with E-state index in [1.54, 1.807) is 31.5 Å². The minimum atomic E-state index is 0.496. The van der Waals surface area contributed by atoms with Crippen molar-refractivity contribution in [2.75, 3.05) is 0 Å². The number of aryl methyl sites for hydroxylation is 1. The summed E-state index contributed by atoms with van der Waals surface area (Å²) in [6, 6.07) is 3.56. The summed E-state index contributed by atoms with van der Waals surface area (Å²) in [7, 11) is 0. The molecule has 0 saturated heterocycles. The Morgan fingerprint density at radius 1 is 1.36 bits per heavy atom. The van der Waals surface area contributed by atoms with Crippen molar-refractivity contribution in [1.82, 2.24) is 10.1 Å². The van der Waals surface area contributed by atoms with E-state index < -0.39 is 0 Å². The molecule has 4 heteroatoms. The molecule has 0 radical (unpaired) electrons. The number of aromatic nitrogens is 2. The summed E-state index contributed by atoms with van der Waals surface area (Å²) in [6.45, 7) is 1.71. The summed E-state index contributed by atoms with van der Waals surface area (Å²) in [6.07, 6.45) is 4.05. The van der Waals surface area contributed by atoms with Gasteiger partial charge in [-0.15, -0.1) is 0 Å². The molecule has 0 atom stereocenters. The Hall–Kier alpha value is -1.97. The van der Waals surface area contributed by atoms with Crippen LogP contribution in [0.5, 0.6) is 0 Å². The molecule has 0 aliphatic rings. The average Bonchev–Trinajstić information content (AvgIpc) is 2.61. The van der Waals surface area contributed by atoms with E-state index in [1.165, 1.54) is 0 Å². The van der Waals surface area contributed by atoms with Gasteiger partial charge in [-0.25, -0.2) is 0 Å².